The number of carbonyl (C=O) groups excluding carboxylic acids is 7. The Morgan fingerprint density at radius 3 is 0.821 bits per heavy atom. The highest BCUT2D eigenvalue weighted by Crippen LogP contribution is 2.30. The standard InChI is InChI=1S/C67H78N10O7/c1-48(54-26-14-8-15-27-54)72(41-61(68)78)63(80)43-74(50(3)56-30-18-10-19-31-56)65(82)45-76(52(5)58-34-22-12-23-35-58)67(84)46-77(53(6)59-36-24-13-25-37-59)66(83)44-75(51(4)57-32-20-11-21-33-57)64(81)42-73(49(2)55-28-16-9-17-29-55)62(79)40-69-38-60-39-70-47-71(60)7/h8-37,39,47-53,69H,38,40-46H2,1-7H3,(H2,68,78)/t48-,49-,50-,51-,52-,53-/m0/s1. The second kappa shape index (κ2) is 30.2. The second-order valence-electron chi connectivity index (χ2n) is 21.2. The molecule has 0 aliphatic rings. The van der Waals surface area contributed by atoms with Gasteiger partial charge in [0.05, 0.1) is 61.4 Å². The Morgan fingerprint density at radius 1 is 0.381 bits per heavy atom. The fourth-order valence-corrected chi connectivity index (χ4v) is 10.4. The van der Waals surface area contributed by atoms with Crippen molar-refractivity contribution in [2.24, 2.45) is 12.8 Å². The van der Waals surface area contributed by atoms with Crippen molar-refractivity contribution in [3.8, 4) is 0 Å². The number of aryl methyl sites for hydroxylation is 1. The molecule has 1 aromatic heterocycles. The Labute approximate surface area is 493 Å². The van der Waals surface area contributed by atoms with E-state index >= 15 is 19.2 Å². The number of aromatic nitrogens is 2. The van der Waals surface area contributed by atoms with E-state index in [9.17, 15) is 14.4 Å². The summed E-state index contributed by atoms with van der Waals surface area (Å²) < 4.78 is 1.85. The molecule has 0 fully saturated rings. The summed E-state index contributed by atoms with van der Waals surface area (Å²) in [6.45, 7) is 8.41. The molecular formula is C67H78N10O7. The molecule has 0 bridgehead atoms. The molecule has 0 saturated carbocycles. The third-order valence-electron chi connectivity index (χ3n) is 15.8. The number of primary amides is 1. The van der Waals surface area contributed by atoms with Gasteiger partial charge in [-0.3, -0.25) is 33.6 Å². The van der Waals surface area contributed by atoms with Gasteiger partial charge in [-0.1, -0.05) is 182 Å². The van der Waals surface area contributed by atoms with Crippen LogP contribution in [0.5, 0.6) is 0 Å². The molecular weight excluding hydrogens is 1060 g/mol. The Kier molecular flexibility index (Phi) is 22.4. The fraction of sp³-hybridized carbons (Fsp3) is 0.313. The zero-order chi connectivity index (χ0) is 60.3. The molecule has 84 heavy (non-hydrogen) atoms. The van der Waals surface area contributed by atoms with Gasteiger partial charge in [-0.15, -0.1) is 0 Å². The van der Waals surface area contributed by atoms with Gasteiger partial charge in [0, 0.05) is 19.8 Å². The lowest BCUT2D eigenvalue weighted by Gasteiger charge is -2.38. The van der Waals surface area contributed by atoms with Crippen LogP contribution in [-0.2, 0) is 47.2 Å². The summed E-state index contributed by atoms with van der Waals surface area (Å²) in [6.07, 6.45) is 3.39. The molecule has 17 heteroatoms. The number of amides is 7. The van der Waals surface area contributed by atoms with Gasteiger partial charge >= 0.3 is 0 Å². The van der Waals surface area contributed by atoms with Crippen LogP contribution in [0.3, 0.4) is 0 Å². The molecule has 0 aliphatic carbocycles. The Morgan fingerprint density at radius 2 is 0.607 bits per heavy atom. The lowest BCUT2D eigenvalue weighted by molar-refractivity contribution is -0.152. The first-order valence-electron chi connectivity index (χ1n) is 28.4. The fourth-order valence-electron chi connectivity index (χ4n) is 10.4. The quantitative estimate of drug-likeness (QED) is 0.0483. The molecule has 3 N–H and O–H groups in total. The summed E-state index contributed by atoms with van der Waals surface area (Å²) in [5, 5.41) is 3.22. The lowest BCUT2D eigenvalue weighted by Crippen LogP contribution is -2.53. The molecule has 0 spiro atoms. The van der Waals surface area contributed by atoms with Crippen LogP contribution in [0.15, 0.2) is 195 Å². The highest BCUT2D eigenvalue weighted by Gasteiger charge is 2.37. The molecule has 438 valence electrons. The van der Waals surface area contributed by atoms with Crippen LogP contribution in [-0.4, -0.2) is 126 Å². The average Bonchev–Trinajstić information content (AvgIpc) is 4.05. The van der Waals surface area contributed by atoms with Gasteiger partial charge in [0.25, 0.3) is 0 Å². The summed E-state index contributed by atoms with van der Waals surface area (Å²) in [5.74, 6) is -3.81. The van der Waals surface area contributed by atoms with Crippen LogP contribution >= 0.6 is 0 Å². The van der Waals surface area contributed by atoms with Crippen LogP contribution in [0.4, 0.5) is 0 Å². The maximum atomic E-state index is 15.6. The van der Waals surface area contributed by atoms with Gasteiger partial charge < -0.3 is 45.0 Å². The molecule has 17 nitrogen and oxygen atoms in total. The van der Waals surface area contributed by atoms with Gasteiger partial charge in [-0.05, 0) is 74.9 Å². The number of nitrogens with one attached hydrogen (secondary N) is 1. The Bertz CT molecular complexity index is 3260. The molecule has 6 atom stereocenters. The Balaban J connectivity index is 1.23. The number of nitrogens with two attached hydrogens (primary N) is 1. The minimum absolute atomic E-state index is 0.0892. The molecule has 0 radical (unpaired) electrons. The van der Waals surface area contributed by atoms with Gasteiger partial charge in [0.2, 0.25) is 41.4 Å². The maximum Gasteiger partial charge on any atom is 0.243 e. The van der Waals surface area contributed by atoms with Crippen LogP contribution in [0.2, 0.25) is 0 Å². The minimum Gasteiger partial charge on any atom is -0.368 e. The first-order valence-corrected chi connectivity index (χ1v) is 28.4. The minimum atomic E-state index is -0.731. The molecule has 7 rings (SSSR count). The first-order chi connectivity index (χ1) is 40.4. The number of imidazole rings is 1. The van der Waals surface area contributed by atoms with E-state index in [-0.39, 0.29) is 19.0 Å². The van der Waals surface area contributed by atoms with E-state index in [1.54, 1.807) is 33.3 Å². The predicted molar refractivity (Wildman–Crippen MR) is 324 cm³/mol. The third-order valence-corrected chi connectivity index (χ3v) is 15.8. The number of benzene rings is 6. The van der Waals surface area contributed by atoms with Crippen molar-refractivity contribution < 1.29 is 33.6 Å². The molecule has 0 saturated heterocycles. The van der Waals surface area contributed by atoms with Crippen molar-refractivity contribution in [2.75, 3.05) is 45.8 Å². The van der Waals surface area contributed by atoms with E-state index in [2.05, 4.69) is 10.3 Å². The highest BCUT2D eigenvalue weighted by molar-refractivity contribution is 5.93. The molecule has 6 aromatic carbocycles. The van der Waals surface area contributed by atoms with E-state index < -0.39 is 104 Å². The molecule has 0 aliphatic heterocycles. The van der Waals surface area contributed by atoms with E-state index in [4.69, 9.17) is 5.73 Å². The highest BCUT2D eigenvalue weighted by atomic mass is 16.2. The molecule has 1 heterocycles. The van der Waals surface area contributed by atoms with Crippen LogP contribution in [0.1, 0.15) is 117 Å². The van der Waals surface area contributed by atoms with Crippen LogP contribution < -0.4 is 11.1 Å². The van der Waals surface area contributed by atoms with E-state index in [1.165, 1.54) is 29.4 Å². The number of hydrogen-bond acceptors (Lipinski definition) is 9. The monoisotopic (exact) mass is 1130 g/mol. The number of hydrogen-bond donors (Lipinski definition) is 2. The summed E-state index contributed by atoms with van der Waals surface area (Å²) >= 11 is 0. The molecule has 0 unspecified atom stereocenters. The summed E-state index contributed by atoms with van der Waals surface area (Å²) in [7, 11) is 1.87. The Hall–Kier alpha value is -9.22. The van der Waals surface area contributed by atoms with Gasteiger partial charge in [-0.25, -0.2) is 4.98 Å². The van der Waals surface area contributed by atoms with E-state index in [0.29, 0.717) is 17.7 Å². The third kappa shape index (κ3) is 16.5. The number of rotatable bonds is 28. The average molecular weight is 1140 g/mol. The zero-order valence-corrected chi connectivity index (χ0v) is 49.1. The summed E-state index contributed by atoms with van der Waals surface area (Å²) in [4.78, 5) is 116. The topological polar surface area (TPSA) is 195 Å². The van der Waals surface area contributed by atoms with Crippen molar-refractivity contribution in [3.63, 3.8) is 0 Å². The van der Waals surface area contributed by atoms with Gasteiger partial charge in [-0.2, -0.15) is 0 Å². The SMILES string of the molecule is C[C@@H](c1ccccc1)N(CC(N)=O)C(=O)CN(C(=O)CN(C(=O)CN(C(=O)CN(C(=O)CN(C(=O)CNCc1cncn1C)[C@@H](C)c1ccccc1)[C@@H](C)c1ccccc1)[C@@H](C)c1ccccc1)[C@@H](C)c1ccccc1)[C@@H](C)c1ccccc1. The van der Waals surface area contributed by atoms with Gasteiger partial charge in [0.15, 0.2) is 0 Å². The van der Waals surface area contributed by atoms with Crippen LogP contribution in [0, 0.1) is 0 Å². The molecule has 7 amide bonds. The number of carbonyl (C=O) groups is 7. The molecule has 7 aromatic rings. The first kappa shape index (κ1) is 62.4. The summed E-state index contributed by atoms with van der Waals surface area (Å²) in [5.41, 5.74) is 11.1. The lowest BCUT2D eigenvalue weighted by atomic mass is 10.0. The maximum absolute atomic E-state index is 15.6. The zero-order valence-electron chi connectivity index (χ0n) is 49.1. The van der Waals surface area contributed by atoms with Crippen molar-refractivity contribution in [1.82, 2.24) is 44.3 Å². The smallest absolute Gasteiger partial charge is 0.243 e. The number of nitrogens with zero attached hydrogens (tertiary/aromatic N) is 8. The summed E-state index contributed by atoms with van der Waals surface area (Å²) in [6, 6.07) is 51.6. The van der Waals surface area contributed by atoms with Crippen molar-refractivity contribution >= 4 is 41.4 Å². The normalized spacial score (nSPS) is 13.2. The largest absolute Gasteiger partial charge is 0.368 e. The van der Waals surface area contributed by atoms with E-state index in [0.717, 1.165) is 27.9 Å². The van der Waals surface area contributed by atoms with Crippen LogP contribution in [0.25, 0.3) is 0 Å². The second-order valence-corrected chi connectivity index (χ2v) is 21.2. The van der Waals surface area contributed by atoms with Crippen molar-refractivity contribution in [2.45, 2.75) is 84.3 Å². The predicted octanol–water partition coefficient (Wildman–Crippen LogP) is 8.53. The van der Waals surface area contributed by atoms with Gasteiger partial charge in [0.1, 0.15) is 32.7 Å². The van der Waals surface area contributed by atoms with Crippen molar-refractivity contribution in [3.05, 3.63) is 234 Å². The van der Waals surface area contributed by atoms with E-state index in [1.807, 2.05) is 214 Å². The van der Waals surface area contributed by atoms with Crippen molar-refractivity contribution in [1.29, 1.82) is 0 Å².